The Labute approximate surface area is 135 Å². The number of nitrogens with one attached hydrogen (secondary N) is 2. The normalized spacial score (nSPS) is 11.9. The van der Waals surface area contributed by atoms with Gasteiger partial charge in [-0.3, -0.25) is 9.89 Å². The molecule has 0 radical (unpaired) electrons. The summed E-state index contributed by atoms with van der Waals surface area (Å²) in [5.74, 6) is 0.607. The number of carbonyl (C=O) groups is 1. The lowest BCUT2D eigenvalue weighted by atomic mass is 10.2. The molecule has 0 bridgehead atoms. The smallest absolute Gasteiger partial charge is 0.233 e. The molecule has 0 fully saturated rings. The van der Waals surface area contributed by atoms with E-state index in [9.17, 15) is 4.79 Å². The maximum atomic E-state index is 11.8. The van der Waals surface area contributed by atoms with E-state index in [2.05, 4.69) is 43.0 Å². The Morgan fingerprint density at radius 1 is 1.57 bits per heavy atom. The molecule has 0 saturated carbocycles. The summed E-state index contributed by atoms with van der Waals surface area (Å²) in [5, 5.41) is 10.1. The van der Waals surface area contributed by atoms with Crippen LogP contribution in [0.5, 0.6) is 0 Å². The minimum Gasteiger partial charge on any atom is -0.352 e. The van der Waals surface area contributed by atoms with E-state index < -0.39 is 0 Å². The Morgan fingerprint density at radius 3 is 3.05 bits per heavy atom. The lowest BCUT2D eigenvalue weighted by molar-refractivity contribution is -0.120. The molecule has 1 aromatic carbocycles. The maximum absolute atomic E-state index is 11.8. The molecule has 1 amide bonds. The molecule has 21 heavy (non-hydrogen) atoms. The first-order valence-electron chi connectivity index (χ1n) is 6.34. The predicted octanol–water partition coefficient (Wildman–Crippen LogP) is 3.02. The van der Waals surface area contributed by atoms with Crippen LogP contribution in [0.3, 0.4) is 0 Å². The first-order valence-corrected chi connectivity index (χ1v) is 8.01. The van der Waals surface area contributed by atoms with Crippen molar-refractivity contribution in [3.8, 4) is 11.4 Å². The average Bonchev–Trinajstić information content (AvgIpc) is 2.93. The van der Waals surface area contributed by atoms with Crippen LogP contribution in [0.15, 0.2) is 46.5 Å². The number of aromatic amines is 1. The van der Waals surface area contributed by atoms with E-state index in [0.29, 0.717) is 17.5 Å². The van der Waals surface area contributed by atoms with Crippen molar-refractivity contribution in [1.82, 2.24) is 20.5 Å². The highest BCUT2D eigenvalue weighted by Gasteiger charge is 2.17. The standard InChI is InChI=1S/C14H15BrN4OS/c1-3-8-16-13(20)9(2)21-14-17-12(18-19-14)10-6-4-5-7-11(10)15/h3-7,9H,1,8H2,2H3,(H,16,20)(H,17,18,19)/t9-/m0/s1. The first-order chi connectivity index (χ1) is 10.1. The molecular formula is C14H15BrN4OS. The van der Waals surface area contributed by atoms with E-state index in [-0.39, 0.29) is 11.2 Å². The molecule has 0 spiro atoms. The van der Waals surface area contributed by atoms with Crippen molar-refractivity contribution in [1.29, 1.82) is 0 Å². The molecule has 0 unspecified atom stereocenters. The SMILES string of the molecule is C=CCNC(=O)[C@H](C)Sc1n[nH]c(-c2ccccc2Br)n1. The molecule has 2 N–H and O–H groups in total. The Hall–Kier alpha value is -1.60. The summed E-state index contributed by atoms with van der Waals surface area (Å²) in [7, 11) is 0. The highest BCUT2D eigenvalue weighted by molar-refractivity contribution is 9.10. The van der Waals surface area contributed by atoms with Crippen LogP contribution >= 0.6 is 27.7 Å². The van der Waals surface area contributed by atoms with E-state index >= 15 is 0 Å². The largest absolute Gasteiger partial charge is 0.352 e. The molecule has 0 aliphatic rings. The van der Waals surface area contributed by atoms with Crippen LogP contribution in [-0.4, -0.2) is 32.9 Å². The fourth-order valence-corrected chi connectivity index (χ4v) is 2.82. The quantitative estimate of drug-likeness (QED) is 0.608. The summed E-state index contributed by atoms with van der Waals surface area (Å²) in [5.41, 5.74) is 0.931. The number of rotatable bonds is 6. The first kappa shape index (κ1) is 15.8. The number of carbonyl (C=O) groups excluding carboxylic acids is 1. The number of thioether (sulfide) groups is 1. The zero-order chi connectivity index (χ0) is 15.2. The number of hydrogen-bond donors (Lipinski definition) is 2. The molecule has 0 saturated heterocycles. The van der Waals surface area contributed by atoms with Crippen molar-refractivity contribution in [3.05, 3.63) is 41.4 Å². The molecule has 2 rings (SSSR count). The summed E-state index contributed by atoms with van der Waals surface area (Å²) in [6.07, 6.45) is 1.65. The maximum Gasteiger partial charge on any atom is 0.233 e. The van der Waals surface area contributed by atoms with Crippen LogP contribution < -0.4 is 5.32 Å². The third-order valence-corrected chi connectivity index (χ3v) is 4.32. The van der Waals surface area contributed by atoms with Crippen molar-refractivity contribution >= 4 is 33.6 Å². The fourth-order valence-electron chi connectivity index (χ4n) is 1.60. The molecule has 0 aliphatic heterocycles. The summed E-state index contributed by atoms with van der Waals surface area (Å²) in [4.78, 5) is 16.2. The Balaban J connectivity index is 2.05. The zero-order valence-corrected chi connectivity index (χ0v) is 13.9. The van der Waals surface area contributed by atoms with Gasteiger partial charge in [0.25, 0.3) is 0 Å². The lowest BCUT2D eigenvalue weighted by Crippen LogP contribution is -2.30. The summed E-state index contributed by atoms with van der Waals surface area (Å²) < 4.78 is 0.939. The van der Waals surface area contributed by atoms with Crippen molar-refractivity contribution in [3.63, 3.8) is 0 Å². The molecule has 1 aromatic heterocycles. The van der Waals surface area contributed by atoms with Crippen molar-refractivity contribution < 1.29 is 4.79 Å². The van der Waals surface area contributed by atoms with Gasteiger partial charge in [-0.15, -0.1) is 11.7 Å². The lowest BCUT2D eigenvalue weighted by Gasteiger charge is -2.07. The number of nitrogens with zero attached hydrogens (tertiary/aromatic N) is 2. The Kier molecular flexibility index (Phi) is 5.58. The van der Waals surface area contributed by atoms with Gasteiger partial charge in [-0.05, 0) is 13.0 Å². The number of benzene rings is 1. The molecule has 0 aliphatic carbocycles. The Morgan fingerprint density at radius 2 is 2.33 bits per heavy atom. The minimum atomic E-state index is -0.271. The van der Waals surface area contributed by atoms with Crippen LogP contribution in [0.1, 0.15) is 6.92 Å². The van der Waals surface area contributed by atoms with Gasteiger partial charge < -0.3 is 5.32 Å². The number of halogens is 1. The highest BCUT2D eigenvalue weighted by atomic mass is 79.9. The van der Waals surface area contributed by atoms with Gasteiger partial charge in [-0.25, -0.2) is 4.98 Å². The summed E-state index contributed by atoms with van der Waals surface area (Å²) in [6.45, 7) is 5.84. The van der Waals surface area contributed by atoms with E-state index in [1.165, 1.54) is 11.8 Å². The Bertz CT molecular complexity index is 643. The zero-order valence-electron chi connectivity index (χ0n) is 11.5. The number of aromatic nitrogens is 3. The van der Waals surface area contributed by atoms with Gasteiger partial charge in [0.2, 0.25) is 11.1 Å². The van der Waals surface area contributed by atoms with E-state index in [0.717, 1.165) is 10.0 Å². The second-order valence-corrected chi connectivity index (χ2v) is 6.40. The second-order valence-electron chi connectivity index (χ2n) is 4.24. The van der Waals surface area contributed by atoms with Gasteiger partial charge in [-0.1, -0.05) is 52.0 Å². The molecule has 110 valence electrons. The summed E-state index contributed by atoms with van der Waals surface area (Å²) in [6, 6.07) is 7.75. The van der Waals surface area contributed by atoms with Crippen LogP contribution in [0, 0.1) is 0 Å². The topological polar surface area (TPSA) is 70.7 Å². The van der Waals surface area contributed by atoms with Crippen LogP contribution in [0.4, 0.5) is 0 Å². The summed E-state index contributed by atoms with van der Waals surface area (Å²) >= 11 is 4.79. The van der Waals surface area contributed by atoms with Crippen LogP contribution in [0.2, 0.25) is 0 Å². The fraction of sp³-hybridized carbons (Fsp3) is 0.214. The van der Waals surface area contributed by atoms with Crippen molar-refractivity contribution in [2.24, 2.45) is 0 Å². The van der Waals surface area contributed by atoms with E-state index in [1.807, 2.05) is 31.2 Å². The molecule has 5 nitrogen and oxygen atoms in total. The second kappa shape index (κ2) is 7.42. The molecule has 1 heterocycles. The van der Waals surface area contributed by atoms with Gasteiger partial charge in [-0.2, -0.15) is 0 Å². The van der Waals surface area contributed by atoms with Crippen LogP contribution in [-0.2, 0) is 4.79 Å². The predicted molar refractivity (Wildman–Crippen MR) is 88.0 cm³/mol. The van der Waals surface area contributed by atoms with Gasteiger partial charge in [0.15, 0.2) is 5.82 Å². The third-order valence-electron chi connectivity index (χ3n) is 2.67. The molecule has 1 atom stereocenters. The molecular weight excluding hydrogens is 352 g/mol. The minimum absolute atomic E-state index is 0.0628. The molecule has 7 heteroatoms. The van der Waals surface area contributed by atoms with E-state index in [1.54, 1.807) is 6.08 Å². The average molecular weight is 367 g/mol. The van der Waals surface area contributed by atoms with E-state index in [4.69, 9.17) is 0 Å². The number of amides is 1. The molecule has 2 aromatic rings. The van der Waals surface area contributed by atoms with Gasteiger partial charge >= 0.3 is 0 Å². The van der Waals surface area contributed by atoms with Gasteiger partial charge in [0, 0.05) is 16.6 Å². The van der Waals surface area contributed by atoms with Gasteiger partial charge in [0.05, 0.1) is 5.25 Å². The van der Waals surface area contributed by atoms with Crippen LogP contribution in [0.25, 0.3) is 11.4 Å². The van der Waals surface area contributed by atoms with Gasteiger partial charge in [0.1, 0.15) is 0 Å². The van der Waals surface area contributed by atoms with Crippen molar-refractivity contribution in [2.75, 3.05) is 6.54 Å². The van der Waals surface area contributed by atoms with Crippen molar-refractivity contribution in [2.45, 2.75) is 17.3 Å². The highest BCUT2D eigenvalue weighted by Crippen LogP contribution is 2.27. The monoisotopic (exact) mass is 366 g/mol. The number of H-pyrrole nitrogens is 1. The third kappa shape index (κ3) is 4.18. The number of hydrogen-bond acceptors (Lipinski definition) is 4.